The molecule has 0 spiro atoms. The summed E-state index contributed by atoms with van der Waals surface area (Å²) in [6.07, 6.45) is 1.05. The van der Waals surface area contributed by atoms with Gasteiger partial charge in [0, 0.05) is 26.7 Å². The molecule has 0 fully saturated rings. The smallest absolute Gasteiger partial charge is 0.0605 e. The number of hydrogen-bond donors (Lipinski definition) is 1. The Bertz CT molecular complexity index is 414. The first-order chi connectivity index (χ1) is 8.54. The van der Waals surface area contributed by atoms with Crippen LogP contribution in [0, 0.1) is 0 Å². The molecule has 2 rings (SSSR count). The van der Waals surface area contributed by atoms with Gasteiger partial charge in [0.2, 0.25) is 0 Å². The van der Waals surface area contributed by atoms with E-state index in [1.807, 2.05) is 0 Å². The maximum absolute atomic E-state index is 5.71. The minimum absolute atomic E-state index is 0.525. The lowest BCUT2D eigenvalue weighted by atomic mass is 9.98. The van der Waals surface area contributed by atoms with Crippen molar-refractivity contribution < 1.29 is 0 Å². The fourth-order valence-corrected chi connectivity index (χ4v) is 2.71. The Morgan fingerprint density at radius 2 is 2.00 bits per heavy atom. The Kier molecular flexibility index (Phi) is 3.81. The van der Waals surface area contributed by atoms with Crippen LogP contribution in [0.1, 0.15) is 31.7 Å². The van der Waals surface area contributed by atoms with Gasteiger partial charge in [-0.1, -0.05) is 19.9 Å². The van der Waals surface area contributed by atoms with Crippen molar-refractivity contribution in [2.75, 3.05) is 37.0 Å². The minimum atomic E-state index is 0.525. The van der Waals surface area contributed by atoms with Crippen LogP contribution in [0.25, 0.3) is 0 Å². The lowest BCUT2D eigenvalue weighted by Gasteiger charge is -2.41. The molecule has 18 heavy (non-hydrogen) atoms. The van der Waals surface area contributed by atoms with Crippen LogP contribution in [0.3, 0.4) is 0 Å². The first-order valence-electron chi connectivity index (χ1n) is 6.82. The van der Waals surface area contributed by atoms with Gasteiger partial charge in [-0.05, 0) is 36.6 Å². The van der Waals surface area contributed by atoms with Crippen LogP contribution in [-0.2, 0) is 0 Å². The fraction of sp³-hybridized carbons (Fsp3) is 0.600. The lowest BCUT2D eigenvalue weighted by molar-refractivity contribution is 0.566. The van der Waals surface area contributed by atoms with Crippen molar-refractivity contribution in [3.8, 4) is 0 Å². The lowest BCUT2D eigenvalue weighted by Crippen LogP contribution is -2.46. The summed E-state index contributed by atoms with van der Waals surface area (Å²) in [5, 5.41) is 0. The number of fused-ring (bicyclic) bond motifs is 1. The van der Waals surface area contributed by atoms with Gasteiger partial charge >= 0.3 is 0 Å². The monoisotopic (exact) mass is 247 g/mol. The predicted octanol–water partition coefficient (Wildman–Crippen LogP) is 2.41. The number of nitrogens with zero attached hydrogens (tertiary/aromatic N) is 2. The normalized spacial score (nSPS) is 19.3. The summed E-state index contributed by atoms with van der Waals surface area (Å²) < 4.78 is 0. The van der Waals surface area contributed by atoms with Crippen molar-refractivity contribution in [1.29, 1.82) is 0 Å². The molecule has 100 valence electrons. The SMILES string of the molecule is CC(C)c1ccc2c(c1)N(C)CC(CCN)N2C. The molecule has 1 aliphatic rings. The van der Waals surface area contributed by atoms with Gasteiger partial charge in [-0.3, -0.25) is 0 Å². The Balaban J connectivity index is 2.35. The second-order valence-corrected chi connectivity index (χ2v) is 5.63. The van der Waals surface area contributed by atoms with Crippen molar-refractivity contribution in [3.63, 3.8) is 0 Å². The first kappa shape index (κ1) is 13.2. The average Bonchev–Trinajstić information content (AvgIpc) is 2.35. The molecule has 0 aliphatic carbocycles. The van der Waals surface area contributed by atoms with Gasteiger partial charge in [0.25, 0.3) is 0 Å². The molecule has 1 unspecified atom stereocenters. The van der Waals surface area contributed by atoms with Crippen LogP contribution >= 0.6 is 0 Å². The molecule has 0 bridgehead atoms. The van der Waals surface area contributed by atoms with Crippen molar-refractivity contribution in [2.45, 2.75) is 32.2 Å². The highest BCUT2D eigenvalue weighted by atomic mass is 15.3. The highest BCUT2D eigenvalue weighted by Gasteiger charge is 2.26. The summed E-state index contributed by atoms with van der Waals surface area (Å²) >= 11 is 0. The molecular weight excluding hydrogens is 222 g/mol. The topological polar surface area (TPSA) is 32.5 Å². The molecule has 1 heterocycles. The second kappa shape index (κ2) is 5.19. The number of anilines is 2. The number of likely N-dealkylation sites (N-methyl/N-ethyl adjacent to an activating group) is 2. The number of benzene rings is 1. The molecular formula is C15H25N3. The summed E-state index contributed by atoms with van der Waals surface area (Å²) in [6, 6.07) is 7.36. The van der Waals surface area contributed by atoms with E-state index < -0.39 is 0 Å². The molecule has 0 amide bonds. The van der Waals surface area contributed by atoms with Crippen LogP contribution in [0.5, 0.6) is 0 Å². The maximum Gasteiger partial charge on any atom is 0.0605 e. The Hall–Kier alpha value is -1.22. The van der Waals surface area contributed by atoms with E-state index in [2.05, 4.69) is 55.9 Å². The molecule has 1 aromatic rings. The van der Waals surface area contributed by atoms with E-state index in [1.54, 1.807) is 0 Å². The van der Waals surface area contributed by atoms with Gasteiger partial charge in [0.15, 0.2) is 0 Å². The largest absolute Gasteiger partial charge is 0.371 e. The Morgan fingerprint density at radius 3 is 2.61 bits per heavy atom. The van der Waals surface area contributed by atoms with Crippen LogP contribution in [0.15, 0.2) is 18.2 Å². The van der Waals surface area contributed by atoms with E-state index >= 15 is 0 Å². The zero-order chi connectivity index (χ0) is 13.3. The summed E-state index contributed by atoms with van der Waals surface area (Å²) in [5.41, 5.74) is 9.78. The molecule has 0 saturated carbocycles. The molecule has 1 aromatic carbocycles. The molecule has 0 radical (unpaired) electrons. The minimum Gasteiger partial charge on any atom is -0.371 e. The van der Waals surface area contributed by atoms with Crippen molar-refractivity contribution in [2.24, 2.45) is 5.73 Å². The van der Waals surface area contributed by atoms with Crippen LogP contribution < -0.4 is 15.5 Å². The van der Waals surface area contributed by atoms with Crippen molar-refractivity contribution in [1.82, 2.24) is 0 Å². The van der Waals surface area contributed by atoms with Gasteiger partial charge in [-0.15, -0.1) is 0 Å². The summed E-state index contributed by atoms with van der Waals surface area (Å²) in [7, 11) is 4.36. The van der Waals surface area contributed by atoms with Gasteiger partial charge in [-0.25, -0.2) is 0 Å². The molecule has 0 saturated heterocycles. The third-order valence-electron chi connectivity index (χ3n) is 3.99. The third-order valence-corrected chi connectivity index (χ3v) is 3.99. The van der Waals surface area contributed by atoms with E-state index in [-0.39, 0.29) is 0 Å². The van der Waals surface area contributed by atoms with Crippen LogP contribution in [-0.4, -0.2) is 33.2 Å². The van der Waals surface area contributed by atoms with Crippen molar-refractivity contribution in [3.05, 3.63) is 23.8 Å². The Labute approximate surface area is 111 Å². The maximum atomic E-state index is 5.71. The van der Waals surface area contributed by atoms with Gasteiger partial charge < -0.3 is 15.5 Å². The Morgan fingerprint density at radius 1 is 1.28 bits per heavy atom. The van der Waals surface area contributed by atoms with E-state index in [4.69, 9.17) is 5.73 Å². The standard InChI is InChI=1S/C15H25N3/c1-11(2)12-5-6-14-15(9-12)17(3)10-13(7-8-16)18(14)4/h5-6,9,11,13H,7-8,10,16H2,1-4H3. The highest BCUT2D eigenvalue weighted by molar-refractivity contribution is 5.74. The fourth-order valence-electron chi connectivity index (χ4n) is 2.71. The van der Waals surface area contributed by atoms with Gasteiger partial charge in [-0.2, -0.15) is 0 Å². The van der Waals surface area contributed by atoms with Gasteiger partial charge in [0.1, 0.15) is 0 Å². The number of rotatable bonds is 3. The zero-order valence-electron chi connectivity index (χ0n) is 12.0. The second-order valence-electron chi connectivity index (χ2n) is 5.63. The summed E-state index contributed by atoms with van der Waals surface area (Å²) in [4.78, 5) is 4.74. The molecule has 3 nitrogen and oxygen atoms in total. The van der Waals surface area contributed by atoms with Crippen molar-refractivity contribution >= 4 is 11.4 Å². The van der Waals surface area contributed by atoms with E-state index in [0.29, 0.717) is 12.0 Å². The molecule has 2 N–H and O–H groups in total. The molecule has 1 aliphatic heterocycles. The summed E-state index contributed by atoms with van der Waals surface area (Å²) in [6.45, 7) is 6.29. The average molecular weight is 247 g/mol. The highest BCUT2D eigenvalue weighted by Crippen LogP contribution is 2.36. The molecule has 3 heteroatoms. The number of nitrogens with two attached hydrogens (primary N) is 1. The van der Waals surface area contributed by atoms with E-state index in [0.717, 1.165) is 19.5 Å². The van der Waals surface area contributed by atoms with Crippen LogP contribution in [0.4, 0.5) is 11.4 Å². The number of hydrogen-bond acceptors (Lipinski definition) is 3. The molecule has 1 atom stereocenters. The van der Waals surface area contributed by atoms with Crippen LogP contribution in [0.2, 0.25) is 0 Å². The zero-order valence-corrected chi connectivity index (χ0v) is 12.0. The third kappa shape index (κ3) is 2.32. The first-order valence-corrected chi connectivity index (χ1v) is 6.82. The van der Waals surface area contributed by atoms with E-state index in [9.17, 15) is 0 Å². The molecule has 0 aromatic heterocycles. The predicted molar refractivity (Wildman–Crippen MR) is 79.7 cm³/mol. The quantitative estimate of drug-likeness (QED) is 0.890. The summed E-state index contributed by atoms with van der Waals surface area (Å²) in [5.74, 6) is 0.579. The van der Waals surface area contributed by atoms with Gasteiger partial charge in [0.05, 0.1) is 11.4 Å². The van der Waals surface area contributed by atoms with E-state index in [1.165, 1.54) is 16.9 Å².